The van der Waals surface area contributed by atoms with E-state index in [-0.39, 0.29) is 10.7 Å². The van der Waals surface area contributed by atoms with E-state index in [0.717, 1.165) is 4.68 Å². The average molecular weight is 160 g/mol. The molecule has 0 aliphatic heterocycles. The van der Waals surface area contributed by atoms with Crippen LogP contribution in [-0.2, 0) is 0 Å². The Morgan fingerprint density at radius 2 is 2.30 bits per heavy atom. The lowest BCUT2D eigenvalue weighted by molar-refractivity contribution is 0.0993. The molecule has 0 radical (unpaired) electrons. The maximum absolute atomic E-state index is 10.5. The summed E-state index contributed by atoms with van der Waals surface area (Å²) in [6.45, 7) is 0. The highest BCUT2D eigenvalue weighted by atomic mass is 35.5. The van der Waals surface area contributed by atoms with Crippen LogP contribution in [0.1, 0.15) is 10.5 Å². The van der Waals surface area contributed by atoms with E-state index in [1.807, 2.05) is 0 Å². The molecule has 0 aromatic carbocycles. The molecule has 0 bridgehead atoms. The maximum Gasteiger partial charge on any atom is 0.268 e. The van der Waals surface area contributed by atoms with Crippen LogP contribution in [0.5, 0.6) is 0 Å². The highest BCUT2D eigenvalue weighted by Gasteiger charge is 2.09. The monoisotopic (exact) mass is 159 g/mol. The molecule has 1 amide bonds. The molecular formula is C5H6ClN3O. The van der Waals surface area contributed by atoms with Crippen LogP contribution in [0.15, 0.2) is 12.3 Å². The number of carbonyl (C=O) groups is 1. The molecule has 0 aliphatic carbocycles. The SMILES string of the molecule is NC(=O)c1c(Cl)ccn1N. The quantitative estimate of drug-likeness (QED) is 0.564. The van der Waals surface area contributed by atoms with Crippen molar-refractivity contribution >= 4 is 17.5 Å². The van der Waals surface area contributed by atoms with Gasteiger partial charge >= 0.3 is 0 Å². The first kappa shape index (κ1) is 6.95. The second-order valence-electron chi connectivity index (χ2n) is 1.78. The zero-order valence-corrected chi connectivity index (χ0v) is 5.80. The molecule has 1 aromatic heterocycles. The third-order valence-electron chi connectivity index (χ3n) is 1.10. The minimum atomic E-state index is -0.627. The molecule has 0 spiro atoms. The average Bonchev–Trinajstić information content (AvgIpc) is 2.11. The molecular weight excluding hydrogens is 154 g/mol. The van der Waals surface area contributed by atoms with Gasteiger partial charge in [-0.2, -0.15) is 0 Å². The zero-order valence-electron chi connectivity index (χ0n) is 5.04. The molecule has 54 valence electrons. The second kappa shape index (κ2) is 2.22. The molecule has 5 heteroatoms. The first-order valence-electron chi connectivity index (χ1n) is 2.54. The number of nitrogen functional groups attached to an aromatic ring is 1. The van der Waals surface area contributed by atoms with Crippen molar-refractivity contribution in [2.45, 2.75) is 0 Å². The normalized spacial score (nSPS) is 9.70. The number of carbonyl (C=O) groups excluding carboxylic acids is 1. The molecule has 1 aromatic rings. The van der Waals surface area contributed by atoms with Crippen LogP contribution in [0, 0.1) is 0 Å². The third kappa shape index (κ3) is 0.930. The van der Waals surface area contributed by atoms with Crippen molar-refractivity contribution < 1.29 is 4.79 Å². The van der Waals surface area contributed by atoms with Crippen LogP contribution in [0.3, 0.4) is 0 Å². The zero-order chi connectivity index (χ0) is 7.72. The van der Waals surface area contributed by atoms with Crippen LogP contribution in [0.4, 0.5) is 0 Å². The van der Waals surface area contributed by atoms with Gasteiger partial charge in [-0.3, -0.25) is 9.47 Å². The number of nitrogens with zero attached hydrogens (tertiary/aromatic N) is 1. The molecule has 10 heavy (non-hydrogen) atoms. The molecule has 4 nitrogen and oxygen atoms in total. The molecule has 0 unspecified atom stereocenters. The maximum atomic E-state index is 10.5. The lowest BCUT2D eigenvalue weighted by Gasteiger charge is -1.96. The Kier molecular flexibility index (Phi) is 1.55. The van der Waals surface area contributed by atoms with Crippen molar-refractivity contribution in [1.82, 2.24) is 4.68 Å². The Balaban J connectivity index is 3.23. The van der Waals surface area contributed by atoms with Gasteiger partial charge in [0, 0.05) is 6.20 Å². The fraction of sp³-hybridized carbons (Fsp3) is 0. The summed E-state index contributed by atoms with van der Waals surface area (Å²) in [5.41, 5.74) is 5.06. The summed E-state index contributed by atoms with van der Waals surface area (Å²) in [6.07, 6.45) is 1.46. The number of rotatable bonds is 1. The van der Waals surface area contributed by atoms with E-state index in [1.165, 1.54) is 12.3 Å². The van der Waals surface area contributed by atoms with Gasteiger partial charge in [0.1, 0.15) is 5.69 Å². The number of hydrogen-bond donors (Lipinski definition) is 2. The topological polar surface area (TPSA) is 74.0 Å². The van der Waals surface area contributed by atoms with Crippen LogP contribution < -0.4 is 11.6 Å². The van der Waals surface area contributed by atoms with Crippen LogP contribution in [0.25, 0.3) is 0 Å². The van der Waals surface area contributed by atoms with E-state index in [0.29, 0.717) is 0 Å². The lowest BCUT2D eigenvalue weighted by atomic mass is 10.4. The molecule has 0 saturated heterocycles. The first-order valence-corrected chi connectivity index (χ1v) is 2.92. The molecule has 0 atom stereocenters. The van der Waals surface area contributed by atoms with E-state index in [9.17, 15) is 4.79 Å². The number of halogens is 1. The van der Waals surface area contributed by atoms with E-state index < -0.39 is 5.91 Å². The van der Waals surface area contributed by atoms with Crippen LogP contribution >= 0.6 is 11.6 Å². The fourth-order valence-corrected chi connectivity index (χ4v) is 0.915. The standard InChI is InChI=1S/C5H6ClN3O/c6-3-1-2-9(8)4(3)5(7)10/h1-2H,8H2,(H2,7,10). The van der Waals surface area contributed by atoms with Gasteiger partial charge in [0.2, 0.25) is 0 Å². The van der Waals surface area contributed by atoms with Crippen molar-refractivity contribution in [2.24, 2.45) is 5.73 Å². The number of nitrogens with two attached hydrogens (primary N) is 2. The van der Waals surface area contributed by atoms with Gasteiger partial charge < -0.3 is 11.6 Å². The van der Waals surface area contributed by atoms with Crippen molar-refractivity contribution in [3.8, 4) is 0 Å². The Morgan fingerprint density at radius 3 is 2.50 bits per heavy atom. The second-order valence-corrected chi connectivity index (χ2v) is 2.19. The largest absolute Gasteiger partial charge is 0.364 e. The summed E-state index contributed by atoms with van der Waals surface area (Å²) in [7, 11) is 0. The minimum Gasteiger partial charge on any atom is -0.364 e. The lowest BCUT2D eigenvalue weighted by Crippen LogP contribution is -2.21. The van der Waals surface area contributed by atoms with Crippen molar-refractivity contribution in [1.29, 1.82) is 0 Å². The van der Waals surface area contributed by atoms with E-state index in [1.54, 1.807) is 0 Å². The van der Waals surface area contributed by atoms with Gasteiger partial charge in [0.25, 0.3) is 5.91 Å². The fourth-order valence-electron chi connectivity index (χ4n) is 0.667. The van der Waals surface area contributed by atoms with E-state index in [2.05, 4.69) is 0 Å². The van der Waals surface area contributed by atoms with Crippen LogP contribution in [-0.4, -0.2) is 10.6 Å². The summed E-state index contributed by atoms with van der Waals surface area (Å²) < 4.78 is 1.09. The predicted molar refractivity (Wildman–Crippen MR) is 38.1 cm³/mol. The summed E-state index contributed by atoms with van der Waals surface area (Å²) in [4.78, 5) is 10.5. The van der Waals surface area contributed by atoms with E-state index in [4.69, 9.17) is 23.2 Å². The summed E-state index contributed by atoms with van der Waals surface area (Å²) in [5.74, 6) is 4.65. The Labute approximate surface area is 62.3 Å². The highest BCUT2D eigenvalue weighted by Crippen LogP contribution is 2.13. The molecule has 1 heterocycles. The van der Waals surface area contributed by atoms with Gasteiger partial charge in [-0.25, -0.2) is 0 Å². The third-order valence-corrected chi connectivity index (χ3v) is 1.40. The number of primary amides is 1. The number of amides is 1. The molecule has 0 aliphatic rings. The Bertz CT molecular complexity index is 248. The van der Waals surface area contributed by atoms with Gasteiger partial charge in [-0.15, -0.1) is 0 Å². The number of aromatic nitrogens is 1. The van der Waals surface area contributed by atoms with E-state index >= 15 is 0 Å². The highest BCUT2D eigenvalue weighted by molar-refractivity contribution is 6.33. The molecule has 0 saturated carbocycles. The summed E-state index contributed by atoms with van der Waals surface area (Å²) >= 11 is 5.54. The molecule has 1 rings (SSSR count). The Morgan fingerprint density at radius 1 is 1.70 bits per heavy atom. The molecule has 0 fully saturated rings. The Hall–Kier alpha value is -1.16. The number of hydrogen-bond acceptors (Lipinski definition) is 2. The summed E-state index contributed by atoms with van der Waals surface area (Å²) in [6, 6.07) is 1.50. The van der Waals surface area contributed by atoms with Crippen LogP contribution in [0.2, 0.25) is 5.02 Å². The van der Waals surface area contributed by atoms with Gasteiger partial charge in [0.05, 0.1) is 5.02 Å². The van der Waals surface area contributed by atoms with Gasteiger partial charge in [-0.1, -0.05) is 11.6 Å². The molecule has 4 N–H and O–H groups in total. The predicted octanol–water partition coefficient (Wildman–Crippen LogP) is -0.0458. The van der Waals surface area contributed by atoms with Gasteiger partial charge in [-0.05, 0) is 6.07 Å². The smallest absolute Gasteiger partial charge is 0.268 e. The van der Waals surface area contributed by atoms with Crippen molar-refractivity contribution in [3.05, 3.63) is 23.0 Å². The minimum absolute atomic E-state index is 0.127. The van der Waals surface area contributed by atoms with Crippen molar-refractivity contribution in [2.75, 3.05) is 5.84 Å². The first-order chi connectivity index (χ1) is 4.63. The summed E-state index contributed by atoms with van der Waals surface area (Å²) in [5, 5.41) is 0.273. The van der Waals surface area contributed by atoms with Gasteiger partial charge in [0.15, 0.2) is 0 Å². The van der Waals surface area contributed by atoms with Crippen molar-refractivity contribution in [3.63, 3.8) is 0 Å².